The molecule has 3 N–H and O–H groups in total. The van der Waals surface area contributed by atoms with E-state index in [9.17, 15) is 10.1 Å². The number of nitriles is 1. The third kappa shape index (κ3) is 3.68. The zero-order valence-electron chi connectivity index (χ0n) is 20.2. The summed E-state index contributed by atoms with van der Waals surface area (Å²) in [5.41, 5.74) is 11.9. The van der Waals surface area contributed by atoms with E-state index in [2.05, 4.69) is 27.8 Å². The minimum absolute atomic E-state index is 0.224. The first-order valence-corrected chi connectivity index (χ1v) is 12.4. The smallest absolute Gasteiger partial charge is 0.331 e. The molecule has 37 heavy (non-hydrogen) atoms. The first-order valence-electron chi connectivity index (χ1n) is 12.0. The standard InChI is InChI=1S/C29H24N6OS/c1-33-17-26(21-7-3-4-8-24(21)33)35-28(23(14-31)32-29(35)36)22-16-34(25-9-5-2-6-20(22)25)15-19-12-18(13-30)10-11-27(19)37/h2-10,12,16-17H,11,13,15,30H2,1H3,(H,32,36). The van der Waals surface area contributed by atoms with Gasteiger partial charge in [-0.2, -0.15) is 5.26 Å². The molecule has 3 heterocycles. The summed E-state index contributed by atoms with van der Waals surface area (Å²) in [7, 11) is 1.95. The first kappa shape index (κ1) is 23.0. The number of hydrogen-bond donors (Lipinski definition) is 2. The Hall–Kier alpha value is -4.45. The minimum Gasteiger partial charge on any atom is -0.348 e. The molecule has 0 fully saturated rings. The number of fused-ring (bicyclic) bond motifs is 2. The molecule has 0 saturated heterocycles. The second kappa shape index (κ2) is 8.89. The second-order valence-electron chi connectivity index (χ2n) is 9.21. The molecule has 0 atom stereocenters. The van der Waals surface area contributed by atoms with E-state index in [1.54, 1.807) is 4.57 Å². The number of para-hydroxylation sites is 2. The summed E-state index contributed by atoms with van der Waals surface area (Å²) in [5.74, 6) is 0. The van der Waals surface area contributed by atoms with Crippen LogP contribution in [0.2, 0.25) is 0 Å². The highest BCUT2D eigenvalue weighted by Crippen LogP contribution is 2.35. The Morgan fingerprint density at radius 2 is 1.81 bits per heavy atom. The summed E-state index contributed by atoms with van der Waals surface area (Å²) in [5, 5.41) is 11.9. The summed E-state index contributed by atoms with van der Waals surface area (Å²) >= 11 is 5.66. The summed E-state index contributed by atoms with van der Waals surface area (Å²) in [6, 6.07) is 18.1. The monoisotopic (exact) mass is 504 g/mol. The van der Waals surface area contributed by atoms with Gasteiger partial charge in [0.05, 0.1) is 11.4 Å². The van der Waals surface area contributed by atoms with Gasteiger partial charge in [0, 0.05) is 71.2 Å². The van der Waals surface area contributed by atoms with E-state index in [1.807, 2.05) is 72.5 Å². The lowest BCUT2D eigenvalue weighted by molar-refractivity contribution is 0.840. The molecule has 1 aliphatic rings. The molecule has 3 aromatic heterocycles. The van der Waals surface area contributed by atoms with Crippen LogP contribution in [-0.4, -0.2) is 30.1 Å². The number of H-pyrrole nitrogens is 1. The number of nitrogens with one attached hydrogen (secondary N) is 1. The lowest BCUT2D eigenvalue weighted by atomic mass is 9.99. The Morgan fingerprint density at radius 1 is 1.08 bits per heavy atom. The largest absolute Gasteiger partial charge is 0.348 e. The van der Waals surface area contributed by atoms with Crippen molar-refractivity contribution in [2.24, 2.45) is 12.8 Å². The predicted molar refractivity (Wildman–Crippen MR) is 151 cm³/mol. The van der Waals surface area contributed by atoms with Gasteiger partial charge in [0.2, 0.25) is 0 Å². The molecular formula is C29H24N6OS. The van der Waals surface area contributed by atoms with E-state index in [0.717, 1.165) is 49.1 Å². The molecule has 2 aromatic carbocycles. The van der Waals surface area contributed by atoms with E-state index in [4.69, 9.17) is 18.0 Å². The van der Waals surface area contributed by atoms with Crippen LogP contribution in [0.3, 0.4) is 0 Å². The van der Waals surface area contributed by atoms with Crippen LogP contribution in [0.15, 0.2) is 89.0 Å². The fourth-order valence-electron chi connectivity index (χ4n) is 5.24. The summed E-state index contributed by atoms with van der Waals surface area (Å²) in [6.45, 7) is 1.04. The van der Waals surface area contributed by atoms with Crippen LogP contribution in [0.25, 0.3) is 38.8 Å². The van der Waals surface area contributed by atoms with E-state index in [0.29, 0.717) is 25.2 Å². The number of aromatic amines is 1. The number of rotatable bonds is 5. The van der Waals surface area contributed by atoms with Gasteiger partial charge in [0.25, 0.3) is 0 Å². The number of aryl methyl sites for hydroxylation is 1. The Labute approximate surface area is 218 Å². The van der Waals surface area contributed by atoms with Crippen molar-refractivity contribution in [2.45, 2.75) is 13.0 Å². The number of allylic oxidation sites excluding steroid dienone is 2. The maximum Gasteiger partial charge on any atom is 0.331 e. The highest BCUT2D eigenvalue weighted by atomic mass is 32.1. The van der Waals surface area contributed by atoms with Crippen LogP contribution in [0.4, 0.5) is 0 Å². The lowest BCUT2D eigenvalue weighted by Crippen LogP contribution is -2.15. The zero-order chi connectivity index (χ0) is 25.7. The van der Waals surface area contributed by atoms with Crippen LogP contribution in [0.5, 0.6) is 0 Å². The van der Waals surface area contributed by atoms with E-state index < -0.39 is 0 Å². The molecule has 182 valence electrons. The van der Waals surface area contributed by atoms with E-state index >= 15 is 0 Å². The molecule has 5 aromatic rings. The van der Waals surface area contributed by atoms with Gasteiger partial charge in [-0.3, -0.25) is 9.55 Å². The zero-order valence-corrected chi connectivity index (χ0v) is 21.0. The summed E-state index contributed by atoms with van der Waals surface area (Å²) < 4.78 is 5.74. The third-order valence-corrected chi connectivity index (χ3v) is 7.44. The van der Waals surface area contributed by atoms with Crippen LogP contribution >= 0.6 is 12.2 Å². The van der Waals surface area contributed by atoms with Crippen molar-refractivity contribution >= 4 is 38.9 Å². The molecule has 8 heteroatoms. The maximum atomic E-state index is 13.3. The highest BCUT2D eigenvalue weighted by Gasteiger charge is 2.24. The SMILES string of the molecule is Cn1cc(-n2c(-c3cn(CC4=CC(CN)=CCC4=S)c4ccccc34)c(C#N)[nH]c2=O)c2ccccc21. The predicted octanol–water partition coefficient (Wildman–Crippen LogP) is 4.74. The normalized spacial score (nSPS) is 13.7. The Morgan fingerprint density at radius 3 is 2.57 bits per heavy atom. The molecular weight excluding hydrogens is 480 g/mol. The van der Waals surface area contributed by atoms with Gasteiger partial charge >= 0.3 is 5.69 Å². The van der Waals surface area contributed by atoms with Crippen LogP contribution in [-0.2, 0) is 13.6 Å². The number of thiocarbonyl (C=S) groups is 1. The fraction of sp³-hybridized carbons (Fsp3) is 0.138. The van der Waals surface area contributed by atoms with E-state index in [1.165, 1.54) is 0 Å². The van der Waals surface area contributed by atoms with Crippen molar-refractivity contribution in [1.29, 1.82) is 5.26 Å². The van der Waals surface area contributed by atoms with Gasteiger partial charge in [-0.1, -0.05) is 60.8 Å². The Kier molecular flexibility index (Phi) is 5.52. The van der Waals surface area contributed by atoms with Crippen LogP contribution in [0, 0.1) is 11.3 Å². The van der Waals surface area contributed by atoms with Crippen molar-refractivity contribution in [3.05, 3.63) is 100 Å². The molecule has 0 saturated carbocycles. The van der Waals surface area contributed by atoms with E-state index in [-0.39, 0.29) is 11.4 Å². The number of imidazole rings is 1. The second-order valence-corrected chi connectivity index (χ2v) is 9.70. The lowest BCUT2D eigenvalue weighted by Gasteiger charge is -2.15. The minimum atomic E-state index is -0.353. The topological polar surface area (TPSA) is 97.5 Å². The van der Waals surface area contributed by atoms with Crippen molar-refractivity contribution in [1.82, 2.24) is 18.7 Å². The van der Waals surface area contributed by atoms with Gasteiger partial charge in [-0.15, -0.1) is 0 Å². The van der Waals surface area contributed by atoms with Crippen molar-refractivity contribution in [3.8, 4) is 23.0 Å². The average Bonchev–Trinajstić information content (AvgIpc) is 3.56. The first-order chi connectivity index (χ1) is 18.0. The Bertz CT molecular complexity index is 1880. The number of aromatic nitrogens is 4. The van der Waals surface area contributed by atoms with Gasteiger partial charge in [0.1, 0.15) is 11.8 Å². The van der Waals surface area contributed by atoms with Gasteiger partial charge < -0.3 is 14.9 Å². The third-order valence-electron chi connectivity index (χ3n) is 7.01. The van der Waals surface area contributed by atoms with Gasteiger partial charge in [-0.05, 0) is 23.3 Å². The number of nitrogens with zero attached hydrogens (tertiary/aromatic N) is 4. The maximum absolute atomic E-state index is 13.3. The molecule has 0 aliphatic heterocycles. The number of hydrogen-bond acceptors (Lipinski definition) is 4. The summed E-state index contributed by atoms with van der Waals surface area (Å²) in [6.07, 6.45) is 8.79. The quantitative estimate of drug-likeness (QED) is 0.338. The highest BCUT2D eigenvalue weighted by molar-refractivity contribution is 7.80. The Balaban J connectivity index is 1.59. The number of nitrogens with two attached hydrogens (primary N) is 1. The molecule has 0 radical (unpaired) electrons. The molecule has 0 bridgehead atoms. The summed E-state index contributed by atoms with van der Waals surface area (Å²) in [4.78, 5) is 17.0. The molecule has 6 rings (SSSR count). The fourth-order valence-corrected chi connectivity index (χ4v) is 5.45. The number of benzene rings is 2. The van der Waals surface area contributed by atoms with Crippen molar-refractivity contribution in [2.75, 3.05) is 6.54 Å². The van der Waals surface area contributed by atoms with Crippen LogP contribution in [0.1, 0.15) is 12.1 Å². The molecule has 0 spiro atoms. The van der Waals surface area contributed by atoms with Crippen molar-refractivity contribution < 1.29 is 0 Å². The molecule has 0 unspecified atom stereocenters. The van der Waals surface area contributed by atoms with Gasteiger partial charge in [0.15, 0.2) is 0 Å². The average molecular weight is 505 g/mol. The molecule has 1 aliphatic carbocycles. The molecule has 0 amide bonds. The van der Waals surface area contributed by atoms with Gasteiger partial charge in [-0.25, -0.2) is 4.79 Å². The molecule has 7 nitrogen and oxygen atoms in total. The van der Waals surface area contributed by atoms with Crippen LogP contribution < -0.4 is 11.4 Å². The van der Waals surface area contributed by atoms with Crippen molar-refractivity contribution in [3.63, 3.8) is 0 Å².